The van der Waals surface area contributed by atoms with E-state index in [1.54, 1.807) is 58.5 Å². The highest BCUT2D eigenvalue weighted by molar-refractivity contribution is 7.82. The number of hydrogen-bond acceptors (Lipinski definition) is 5. The Bertz CT molecular complexity index is 1270. The minimum atomic E-state index is -1.49. The molecule has 0 N–H and O–H groups in total. The number of halogens is 3. The molecule has 0 radical (unpaired) electrons. The first-order chi connectivity index (χ1) is 16.8. The molecule has 7 nitrogen and oxygen atoms in total. The molecule has 0 spiro atoms. The van der Waals surface area contributed by atoms with Gasteiger partial charge in [-0.1, -0.05) is 34.8 Å². The summed E-state index contributed by atoms with van der Waals surface area (Å²) in [5.74, 6) is 0.479. The summed E-state index contributed by atoms with van der Waals surface area (Å²) in [5, 5.41) is 5.56. The number of benzene rings is 2. The minimum absolute atomic E-state index is 0.0669. The quantitative estimate of drug-likeness (QED) is 0.308. The Kier molecular flexibility index (Phi) is 8.39. The van der Waals surface area contributed by atoms with E-state index in [4.69, 9.17) is 44.3 Å². The molecule has 0 saturated carbocycles. The van der Waals surface area contributed by atoms with Crippen molar-refractivity contribution in [1.29, 1.82) is 0 Å². The van der Waals surface area contributed by atoms with E-state index in [-0.39, 0.29) is 18.6 Å². The molecule has 35 heavy (non-hydrogen) atoms. The average molecular weight is 557 g/mol. The van der Waals surface area contributed by atoms with Crippen molar-refractivity contribution in [1.82, 2.24) is 14.1 Å². The first-order valence-corrected chi connectivity index (χ1v) is 13.3. The van der Waals surface area contributed by atoms with Crippen LogP contribution in [0, 0.1) is 0 Å². The monoisotopic (exact) mass is 555 g/mol. The van der Waals surface area contributed by atoms with Crippen LogP contribution in [-0.4, -0.2) is 37.9 Å². The lowest BCUT2D eigenvalue weighted by Gasteiger charge is -2.30. The van der Waals surface area contributed by atoms with Gasteiger partial charge in [0.15, 0.2) is 0 Å². The molecule has 186 valence electrons. The fourth-order valence-electron chi connectivity index (χ4n) is 4.07. The maximum Gasteiger partial charge on any atom is 0.327 e. The highest BCUT2D eigenvalue weighted by atomic mass is 35.5. The van der Waals surface area contributed by atoms with E-state index in [9.17, 15) is 9.00 Å². The first kappa shape index (κ1) is 26.0. The Morgan fingerprint density at radius 2 is 1.89 bits per heavy atom. The van der Waals surface area contributed by atoms with Crippen molar-refractivity contribution in [2.45, 2.75) is 43.7 Å². The van der Waals surface area contributed by atoms with Crippen LogP contribution in [0.25, 0.3) is 0 Å². The van der Waals surface area contributed by atoms with Crippen LogP contribution in [0.1, 0.15) is 37.1 Å². The molecule has 0 fully saturated rings. The van der Waals surface area contributed by atoms with Gasteiger partial charge in [-0.3, -0.25) is 9.48 Å². The van der Waals surface area contributed by atoms with Crippen LogP contribution in [-0.2, 0) is 33.5 Å². The summed E-state index contributed by atoms with van der Waals surface area (Å²) in [4.78, 5) is 12.5. The van der Waals surface area contributed by atoms with Crippen molar-refractivity contribution in [3.05, 3.63) is 68.9 Å². The van der Waals surface area contributed by atoms with Crippen molar-refractivity contribution in [3.63, 3.8) is 0 Å². The number of carbonyl (C=O) groups is 1. The van der Waals surface area contributed by atoms with Gasteiger partial charge in [0.1, 0.15) is 29.0 Å². The fourth-order valence-corrected chi connectivity index (χ4v) is 5.99. The summed E-state index contributed by atoms with van der Waals surface area (Å²) in [6, 6.07) is 9.80. The lowest BCUT2D eigenvalue weighted by molar-refractivity contribution is -0.144. The van der Waals surface area contributed by atoms with Crippen LogP contribution in [0.4, 0.5) is 0 Å². The fraction of sp³-hybridized carbons (Fsp3) is 0.333. The summed E-state index contributed by atoms with van der Waals surface area (Å²) in [5.41, 5.74) is 1.94. The molecule has 2 aromatic carbocycles. The summed E-state index contributed by atoms with van der Waals surface area (Å²) < 4.78 is 27.8. The molecule has 2 atom stereocenters. The summed E-state index contributed by atoms with van der Waals surface area (Å²) >= 11 is 18.6. The van der Waals surface area contributed by atoms with Gasteiger partial charge in [0.25, 0.3) is 0 Å². The van der Waals surface area contributed by atoms with Crippen molar-refractivity contribution in [2.24, 2.45) is 0 Å². The normalized spacial score (nSPS) is 16.1. The topological polar surface area (TPSA) is 73.7 Å². The van der Waals surface area contributed by atoms with Gasteiger partial charge in [-0.15, -0.1) is 0 Å². The number of nitrogens with zero attached hydrogens (tertiary/aromatic N) is 3. The lowest BCUT2D eigenvalue weighted by atomic mass is 9.93. The zero-order chi connectivity index (χ0) is 25.1. The van der Waals surface area contributed by atoms with Crippen LogP contribution in [0.15, 0.2) is 47.5 Å². The molecule has 1 unspecified atom stereocenters. The van der Waals surface area contributed by atoms with E-state index < -0.39 is 11.0 Å². The Morgan fingerprint density at radius 3 is 2.57 bits per heavy atom. The molecule has 4 rings (SSSR count). The van der Waals surface area contributed by atoms with Gasteiger partial charge in [-0.2, -0.15) is 5.10 Å². The smallest absolute Gasteiger partial charge is 0.327 e. The molecule has 0 bridgehead atoms. The maximum absolute atomic E-state index is 13.4. The SMILES string of the molecule is CCOC(=O)Cn1ncc2c1CCC[C@H]2N(C)S(=O)c1ccc(Oc2ccc(Cl)cc2Cl)c(Cl)c1. The van der Waals surface area contributed by atoms with E-state index >= 15 is 0 Å². The van der Waals surface area contributed by atoms with E-state index in [2.05, 4.69) is 5.10 Å². The zero-order valence-electron chi connectivity index (χ0n) is 19.2. The Morgan fingerprint density at radius 1 is 1.17 bits per heavy atom. The Hall–Kier alpha value is -2.10. The molecule has 3 aromatic rings. The maximum atomic E-state index is 13.4. The summed E-state index contributed by atoms with van der Waals surface area (Å²) in [6.07, 6.45) is 4.27. The van der Waals surface area contributed by atoms with Crippen LogP contribution < -0.4 is 4.74 Å². The van der Waals surface area contributed by atoms with Gasteiger partial charge < -0.3 is 9.47 Å². The second-order valence-corrected chi connectivity index (χ2v) is 10.8. The number of fused-ring (bicyclic) bond motifs is 1. The van der Waals surface area contributed by atoms with Gasteiger partial charge in [0, 0.05) is 23.3 Å². The molecule has 1 aliphatic rings. The molecule has 1 heterocycles. The van der Waals surface area contributed by atoms with Crippen LogP contribution in [0.2, 0.25) is 15.1 Å². The second kappa shape index (κ2) is 11.3. The third kappa shape index (κ3) is 5.84. The van der Waals surface area contributed by atoms with E-state index in [0.29, 0.717) is 38.1 Å². The molecule has 0 amide bonds. The number of esters is 1. The van der Waals surface area contributed by atoms with Gasteiger partial charge in [0.2, 0.25) is 0 Å². The van der Waals surface area contributed by atoms with Gasteiger partial charge in [-0.05, 0) is 62.6 Å². The molecular weight excluding hydrogens is 533 g/mol. The van der Waals surface area contributed by atoms with Gasteiger partial charge >= 0.3 is 5.97 Å². The minimum Gasteiger partial charge on any atom is -0.465 e. The molecule has 0 aliphatic heterocycles. The van der Waals surface area contributed by atoms with E-state index in [1.807, 2.05) is 7.05 Å². The Balaban J connectivity index is 1.51. The van der Waals surface area contributed by atoms with Crippen molar-refractivity contribution >= 4 is 51.8 Å². The van der Waals surface area contributed by atoms with E-state index in [0.717, 1.165) is 30.5 Å². The standard InChI is InChI=1S/C24H24Cl3N3O4S/c1-3-33-24(31)14-30-21-6-4-5-20(17(21)13-28-30)29(2)35(32)16-8-10-23(19(27)12-16)34-22-9-7-15(25)11-18(22)26/h7-13,20H,3-6,14H2,1-2H3/t20-,35?/m1/s1. The average Bonchev–Trinajstić information content (AvgIpc) is 3.24. The zero-order valence-corrected chi connectivity index (χ0v) is 22.3. The van der Waals surface area contributed by atoms with E-state index in [1.165, 1.54) is 0 Å². The van der Waals surface area contributed by atoms with Crippen LogP contribution in [0.3, 0.4) is 0 Å². The molecule has 1 aromatic heterocycles. The summed E-state index contributed by atoms with van der Waals surface area (Å²) in [6.45, 7) is 2.16. The number of hydrogen-bond donors (Lipinski definition) is 0. The number of carbonyl (C=O) groups excluding carboxylic acids is 1. The second-order valence-electron chi connectivity index (χ2n) is 7.98. The molecule has 0 saturated heterocycles. The molecule has 1 aliphatic carbocycles. The van der Waals surface area contributed by atoms with Crippen molar-refractivity contribution < 1.29 is 18.5 Å². The summed E-state index contributed by atoms with van der Waals surface area (Å²) in [7, 11) is 0.321. The van der Waals surface area contributed by atoms with Gasteiger partial charge in [-0.25, -0.2) is 8.51 Å². The number of rotatable bonds is 8. The van der Waals surface area contributed by atoms with Crippen LogP contribution in [0.5, 0.6) is 11.5 Å². The largest absolute Gasteiger partial charge is 0.465 e. The van der Waals surface area contributed by atoms with Crippen molar-refractivity contribution in [2.75, 3.05) is 13.7 Å². The third-order valence-electron chi connectivity index (χ3n) is 5.73. The third-order valence-corrected chi connectivity index (χ3v) is 8.00. The molecule has 11 heteroatoms. The Labute approximate surface area is 221 Å². The highest BCUT2D eigenvalue weighted by Gasteiger charge is 2.31. The van der Waals surface area contributed by atoms with Crippen LogP contribution >= 0.6 is 34.8 Å². The highest BCUT2D eigenvalue weighted by Crippen LogP contribution is 2.38. The lowest BCUT2D eigenvalue weighted by Crippen LogP contribution is -2.30. The van der Waals surface area contributed by atoms with Crippen molar-refractivity contribution in [3.8, 4) is 11.5 Å². The first-order valence-electron chi connectivity index (χ1n) is 11.1. The van der Waals surface area contributed by atoms with Gasteiger partial charge in [0.05, 0.1) is 33.8 Å². The number of aromatic nitrogens is 2. The predicted octanol–water partition coefficient (Wildman–Crippen LogP) is 6.23. The number of ether oxygens (including phenoxy) is 2. The molecular formula is C24H24Cl3N3O4S. The predicted molar refractivity (Wildman–Crippen MR) is 137 cm³/mol.